The predicted octanol–water partition coefficient (Wildman–Crippen LogP) is 8.85. The number of hydrogen-bond acceptors (Lipinski definition) is 9. The van der Waals surface area contributed by atoms with Crippen molar-refractivity contribution < 1.29 is 43.0 Å². The second-order valence-electron chi connectivity index (χ2n) is 18.6. The quantitative estimate of drug-likeness (QED) is 0.157. The molecule has 4 aromatic carbocycles. The van der Waals surface area contributed by atoms with Crippen molar-refractivity contribution in [1.82, 2.24) is 0 Å². The molecule has 4 aromatic rings. The van der Waals surface area contributed by atoms with E-state index in [9.17, 15) is 33.6 Å². The van der Waals surface area contributed by atoms with Crippen LogP contribution in [-0.2, 0) is 14.3 Å². The number of benzene rings is 4. The molecule has 60 heavy (non-hydrogen) atoms. The smallest absolute Gasteiger partial charge is 0.338 e. The maximum Gasteiger partial charge on any atom is 0.338 e. The molecule has 0 heterocycles. The molecule has 0 bridgehead atoms. The summed E-state index contributed by atoms with van der Waals surface area (Å²) in [6.45, 7) is 6.14. The van der Waals surface area contributed by atoms with Gasteiger partial charge < -0.3 is 9.47 Å². The number of carbonyl (C=O) groups excluding carboxylic acids is 7. The van der Waals surface area contributed by atoms with Gasteiger partial charge in [0, 0.05) is 55.8 Å². The summed E-state index contributed by atoms with van der Waals surface area (Å²) in [5.74, 6) is -1.32. The standard InChI is InChI=1S/C51H46O9/c1-26(52)40-18-19-41-37-17-14-29-24-30(59-48(57)27-12-15-35-38(22-27)46(55)33-10-6-4-8-31(33)44(35)53)20-21-50(29,2)42(37)25-43(51(40,41)3)60-49(58)28-13-16-36-39(23-28)47(56)34-11-7-5-9-32(34)45(36)54/h4-13,15-16,22-23,29-30,37,40-43H,14,17-21,24-25H2,1-3H3/t29-,30-,37+,40-,41+,42+,43-,50+,51-/m1/s1. The van der Waals surface area contributed by atoms with Gasteiger partial charge in [0.15, 0.2) is 23.1 Å². The van der Waals surface area contributed by atoms with Gasteiger partial charge >= 0.3 is 11.9 Å². The molecule has 0 spiro atoms. The average molecular weight is 803 g/mol. The van der Waals surface area contributed by atoms with Crippen molar-refractivity contribution >= 4 is 40.9 Å². The zero-order valence-electron chi connectivity index (χ0n) is 34.0. The van der Waals surface area contributed by atoms with E-state index in [1.54, 1.807) is 79.7 Å². The monoisotopic (exact) mass is 802 g/mol. The lowest BCUT2D eigenvalue weighted by atomic mass is 9.44. The van der Waals surface area contributed by atoms with Crippen LogP contribution in [0.1, 0.15) is 157 Å². The van der Waals surface area contributed by atoms with E-state index in [2.05, 4.69) is 13.8 Å². The highest BCUT2D eigenvalue weighted by Crippen LogP contribution is 2.68. The highest BCUT2D eigenvalue weighted by molar-refractivity contribution is 6.29. The van der Waals surface area contributed by atoms with E-state index < -0.39 is 23.5 Å². The summed E-state index contributed by atoms with van der Waals surface area (Å²) in [5, 5.41) is 0. The number of fused-ring (bicyclic) bond motifs is 9. The number of esters is 2. The molecule has 9 heteroatoms. The van der Waals surface area contributed by atoms with E-state index in [-0.39, 0.29) is 97.5 Å². The second kappa shape index (κ2) is 13.9. The van der Waals surface area contributed by atoms with Crippen molar-refractivity contribution in [2.45, 2.75) is 84.3 Å². The molecule has 0 N–H and O–H groups in total. The molecule has 0 aromatic heterocycles. The van der Waals surface area contributed by atoms with Gasteiger partial charge in [-0.3, -0.25) is 24.0 Å². The van der Waals surface area contributed by atoms with Crippen molar-refractivity contribution in [1.29, 1.82) is 0 Å². The van der Waals surface area contributed by atoms with E-state index >= 15 is 0 Å². The minimum atomic E-state index is -0.569. The van der Waals surface area contributed by atoms with E-state index in [0.29, 0.717) is 47.4 Å². The lowest BCUT2D eigenvalue weighted by Gasteiger charge is -2.62. The first-order chi connectivity index (χ1) is 28.8. The first-order valence-corrected chi connectivity index (χ1v) is 21.4. The third-order valence-corrected chi connectivity index (χ3v) is 16.0. The summed E-state index contributed by atoms with van der Waals surface area (Å²) in [4.78, 5) is 94.5. The summed E-state index contributed by atoms with van der Waals surface area (Å²) in [6.07, 6.45) is 5.47. The van der Waals surface area contributed by atoms with Crippen LogP contribution in [0.3, 0.4) is 0 Å². The topological polar surface area (TPSA) is 138 Å². The maximum atomic E-state index is 14.2. The SMILES string of the molecule is CC(=O)[C@H]1CC[C@H]2[C@@H]3CC[C@@H]4C[C@H](OC(=O)c5ccc6c(c5)C(=O)c5ccccc5C6=O)CC[C@]4(C)[C@H]3C[C@@H](OC(=O)c3ccc4c(c3)C(=O)c3ccccc3C4=O)[C@]12C. The molecular weight excluding hydrogens is 757 g/mol. The summed E-state index contributed by atoms with van der Waals surface area (Å²) in [5.41, 5.74) is 2.06. The Labute approximate surface area is 348 Å². The van der Waals surface area contributed by atoms with Crippen LogP contribution in [-0.4, -0.2) is 53.1 Å². The number of carbonyl (C=O) groups is 7. The number of rotatable bonds is 5. The lowest BCUT2D eigenvalue weighted by Crippen LogP contribution is -2.59. The Morgan fingerprint density at radius 2 is 1.05 bits per heavy atom. The van der Waals surface area contributed by atoms with Gasteiger partial charge in [-0.2, -0.15) is 0 Å². The van der Waals surface area contributed by atoms with Crippen molar-refractivity contribution in [2.75, 3.05) is 0 Å². The van der Waals surface area contributed by atoms with Crippen molar-refractivity contribution in [3.63, 3.8) is 0 Å². The fourth-order valence-corrected chi connectivity index (χ4v) is 13.0. The van der Waals surface area contributed by atoms with Crippen LogP contribution in [0.25, 0.3) is 0 Å². The molecular formula is C51H46O9. The number of ether oxygens (including phenoxy) is 2. The molecule has 10 rings (SSSR count). The average Bonchev–Trinajstić information content (AvgIpc) is 3.63. The van der Waals surface area contributed by atoms with Crippen LogP contribution >= 0.6 is 0 Å². The zero-order valence-corrected chi connectivity index (χ0v) is 34.0. The van der Waals surface area contributed by atoms with Crippen LogP contribution in [0.15, 0.2) is 84.9 Å². The summed E-state index contributed by atoms with van der Waals surface area (Å²) in [7, 11) is 0. The zero-order chi connectivity index (χ0) is 41.8. The molecule has 0 amide bonds. The van der Waals surface area contributed by atoms with E-state index in [1.807, 2.05) is 0 Å². The van der Waals surface area contributed by atoms with E-state index in [0.717, 1.165) is 32.1 Å². The van der Waals surface area contributed by atoms with Crippen LogP contribution < -0.4 is 0 Å². The molecule has 9 nitrogen and oxygen atoms in total. The third-order valence-electron chi connectivity index (χ3n) is 16.0. The van der Waals surface area contributed by atoms with Gasteiger partial charge in [0.25, 0.3) is 0 Å². The Morgan fingerprint density at radius 3 is 1.58 bits per heavy atom. The van der Waals surface area contributed by atoms with Gasteiger partial charge in [-0.1, -0.05) is 62.4 Å². The highest BCUT2D eigenvalue weighted by Gasteiger charge is 2.65. The molecule has 9 atom stereocenters. The fourth-order valence-electron chi connectivity index (χ4n) is 13.0. The minimum Gasteiger partial charge on any atom is -0.459 e. The van der Waals surface area contributed by atoms with Gasteiger partial charge in [0.1, 0.15) is 18.0 Å². The molecule has 6 aliphatic rings. The Bertz CT molecular complexity index is 2600. The molecule has 0 saturated heterocycles. The first-order valence-electron chi connectivity index (χ1n) is 21.4. The Hall–Kier alpha value is -5.83. The summed E-state index contributed by atoms with van der Waals surface area (Å²) in [6, 6.07) is 22.6. The van der Waals surface area contributed by atoms with Crippen LogP contribution in [0, 0.1) is 40.4 Å². The van der Waals surface area contributed by atoms with Gasteiger partial charge in [-0.25, -0.2) is 9.59 Å². The second-order valence-corrected chi connectivity index (χ2v) is 18.6. The third kappa shape index (κ3) is 5.60. The normalized spacial score (nSPS) is 31.0. The minimum absolute atomic E-state index is 0.109. The van der Waals surface area contributed by atoms with Crippen LogP contribution in [0.4, 0.5) is 0 Å². The van der Waals surface area contributed by atoms with Crippen molar-refractivity contribution in [3.8, 4) is 0 Å². The molecule has 4 fully saturated rings. The number of Topliss-reactive ketones (excluding diaryl/α,β-unsaturated/α-hetero) is 1. The molecule has 0 unspecified atom stereocenters. The maximum absolute atomic E-state index is 14.2. The van der Waals surface area contributed by atoms with Crippen molar-refractivity contribution in [2.24, 2.45) is 40.4 Å². The molecule has 6 aliphatic carbocycles. The van der Waals surface area contributed by atoms with E-state index in [4.69, 9.17) is 9.47 Å². The van der Waals surface area contributed by atoms with Gasteiger partial charge in [0.2, 0.25) is 0 Å². The van der Waals surface area contributed by atoms with Crippen LogP contribution in [0.2, 0.25) is 0 Å². The van der Waals surface area contributed by atoms with Crippen LogP contribution in [0.5, 0.6) is 0 Å². The predicted molar refractivity (Wildman–Crippen MR) is 219 cm³/mol. The van der Waals surface area contributed by atoms with Gasteiger partial charge in [-0.05, 0) is 124 Å². The lowest BCUT2D eigenvalue weighted by molar-refractivity contribution is -0.175. The van der Waals surface area contributed by atoms with Gasteiger partial charge in [-0.15, -0.1) is 0 Å². The molecule has 0 aliphatic heterocycles. The van der Waals surface area contributed by atoms with Crippen molar-refractivity contribution in [3.05, 3.63) is 141 Å². The molecule has 304 valence electrons. The number of hydrogen-bond donors (Lipinski definition) is 0. The first kappa shape index (κ1) is 38.4. The highest BCUT2D eigenvalue weighted by atomic mass is 16.5. The Balaban J connectivity index is 0.881. The van der Waals surface area contributed by atoms with E-state index in [1.165, 1.54) is 12.1 Å². The largest absolute Gasteiger partial charge is 0.459 e. The van der Waals surface area contributed by atoms with Gasteiger partial charge in [0.05, 0.1) is 11.1 Å². The Kier molecular flexibility index (Phi) is 8.87. The fraction of sp³-hybridized carbons (Fsp3) is 0.392. The number of ketones is 5. The molecule has 0 radical (unpaired) electrons. The molecule has 4 saturated carbocycles. The summed E-state index contributed by atoms with van der Waals surface area (Å²) >= 11 is 0. The Morgan fingerprint density at radius 1 is 0.550 bits per heavy atom. The summed E-state index contributed by atoms with van der Waals surface area (Å²) < 4.78 is 12.7.